The van der Waals surface area contributed by atoms with Crippen LogP contribution in [0.1, 0.15) is 51.6 Å². The highest BCUT2D eigenvalue weighted by molar-refractivity contribution is 7.89. The summed E-state index contributed by atoms with van der Waals surface area (Å²) in [6.45, 7) is 4.76. The molecule has 0 amide bonds. The summed E-state index contributed by atoms with van der Waals surface area (Å²) in [4.78, 5) is 0.362. The number of aryl methyl sites for hydroxylation is 1. The number of rotatable bonds is 9. The SMILES string of the molecule is CCCCC(C)NS(=O)(=O)c1cc(CNC2CC2)n(C)c1. The Balaban J connectivity index is 1.99. The molecular weight excluding hydrogens is 286 g/mol. The minimum absolute atomic E-state index is 0.0248. The van der Waals surface area contributed by atoms with E-state index in [1.54, 1.807) is 12.3 Å². The van der Waals surface area contributed by atoms with Crippen molar-refractivity contribution in [3.63, 3.8) is 0 Å². The molecule has 2 N–H and O–H groups in total. The van der Waals surface area contributed by atoms with Gasteiger partial charge >= 0.3 is 0 Å². The van der Waals surface area contributed by atoms with Crippen molar-refractivity contribution in [3.05, 3.63) is 18.0 Å². The van der Waals surface area contributed by atoms with Gasteiger partial charge in [0, 0.05) is 37.6 Å². The first kappa shape index (κ1) is 16.5. The summed E-state index contributed by atoms with van der Waals surface area (Å²) in [6, 6.07) is 2.36. The molecule has 21 heavy (non-hydrogen) atoms. The molecule has 1 aliphatic rings. The van der Waals surface area contributed by atoms with Crippen molar-refractivity contribution in [2.24, 2.45) is 7.05 Å². The van der Waals surface area contributed by atoms with Gasteiger partial charge in [-0.3, -0.25) is 0 Å². The lowest BCUT2D eigenvalue weighted by Gasteiger charge is -2.12. The predicted octanol–water partition coefficient (Wildman–Crippen LogP) is 2.13. The van der Waals surface area contributed by atoms with Crippen molar-refractivity contribution in [3.8, 4) is 0 Å². The second-order valence-electron chi connectivity index (χ2n) is 6.10. The van der Waals surface area contributed by atoms with Gasteiger partial charge in [0.05, 0.1) is 4.90 Å². The van der Waals surface area contributed by atoms with Crippen LogP contribution in [-0.2, 0) is 23.6 Å². The van der Waals surface area contributed by atoms with Gasteiger partial charge in [-0.1, -0.05) is 19.8 Å². The lowest BCUT2D eigenvalue weighted by molar-refractivity contribution is 0.534. The zero-order valence-corrected chi connectivity index (χ0v) is 14.0. The van der Waals surface area contributed by atoms with E-state index in [0.29, 0.717) is 10.9 Å². The van der Waals surface area contributed by atoms with E-state index in [0.717, 1.165) is 31.5 Å². The number of hydrogen-bond donors (Lipinski definition) is 2. The number of nitrogens with zero attached hydrogens (tertiary/aromatic N) is 1. The largest absolute Gasteiger partial charge is 0.352 e. The molecule has 1 atom stereocenters. The Morgan fingerprint density at radius 3 is 2.76 bits per heavy atom. The normalized spacial score (nSPS) is 17.1. The van der Waals surface area contributed by atoms with E-state index >= 15 is 0 Å². The first-order valence-electron chi connectivity index (χ1n) is 7.83. The lowest BCUT2D eigenvalue weighted by atomic mass is 10.2. The molecule has 1 aromatic rings. The minimum Gasteiger partial charge on any atom is -0.352 e. The maximum atomic E-state index is 12.4. The molecule has 0 aromatic carbocycles. The van der Waals surface area contributed by atoms with Gasteiger partial charge in [-0.05, 0) is 32.3 Å². The minimum atomic E-state index is -3.41. The molecule has 1 unspecified atom stereocenters. The molecule has 1 saturated carbocycles. The van der Waals surface area contributed by atoms with Gasteiger partial charge in [0.2, 0.25) is 10.0 Å². The van der Waals surface area contributed by atoms with Crippen LogP contribution in [0.25, 0.3) is 0 Å². The number of unbranched alkanes of at least 4 members (excludes halogenated alkanes) is 1. The monoisotopic (exact) mass is 313 g/mol. The van der Waals surface area contributed by atoms with E-state index in [-0.39, 0.29) is 6.04 Å². The molecule has 0 spiro atoms. The van der Waals surface area contributed by atoms with Crippen LogP contribution in [-0.4, -0.2) is 25.1 Å². The summed E-state index contributed by atoms with van der Waals surface area (Å²) in [5.74, 6) is 0. The summed E-state index contributed by atoms with van der Waals surface area (Å²) >= 11 is 0. The number of hydrogen-bond acceptors (Lipinski definition) is 3. The van der Waals surface area contributed by atoms with E-state index in [1.165, 1.54) is 12.8 Å². The molecule has 0 saturated heterocycles. The van der Waals surface area contributed by atoms with Crippen LogP contribution < -0.4 is 10.0 Å². The first-order chi connectivity index (χ1) is 9.92. The molecule has 1 heterocycles. The van der Waals surface area contributed by atoms with Crippen molar-refractivity contribution < 1.29 is 8.42 Å². The van der Waals surface area contributed by atoms with Crippen LogP contribution in [0.5, 0.6) is 0 Å². The van der Waals surface area contributed by atoms with Crippen molar-refractivity contribution >= 4 is 10.0 Å². The lowest BCUT2D eigenvalue weighted by Crippen LogP contribution is -2.32. The van der Waals surface area contributed by atoms with Crippen molar-refractivity contribution in [2.75, 3.05) is 0 Å². The summed E-state index contributed by atoms with van der Waals surface area (Å²) in [7, 11) is -1.52. The highest BCUT2D eigenvalue weighted by Crippen LogP contribution is 2.20. The van der Waals surface area contributed by atoms with Crippen LogP contribution in [0.4, 0.5) is 0 Å². The van der Waals surface area contributed by atoms with Gasteiger partial charge in [-0.25, -0.2) is 13.1 Å². The third-order valence-electron chi connectivity index (χ3n) is 3.89. The highest BCUT2D eigenvalue weighted by Gasteiger charge is 2.22. The van der Waals surface area contributed by atoms with Crippen molar-refractivity contribution in [2.45, 2.75) is 69.5 Å². The van der Waals surface area contributed by atoms with E-state index in [9.17, 15) is 8.42 Å². The van der Waals surface area contributed by atoms with E-state index < -0.39 is 10.0 Å². The summed E-state index contributed by atoms with van der Waals surface area (Å²) in [5.41, 5.74) is 1.00. The Morgan fingerprint density at radius 1 is 1.43 bits per heavy atom. The Kier molecular flexibility index (Phi) is 5.46. The third kappa shape index (κ3) is 4.83. The van der Waals surface area contributed by atoms with Gasteiger partial charge in [0.25, 0.3) is 0 Å². The number of sulfonamides is 1. The second kappa shape index (κ2) is 6.94. The molecule has 0 aliphatic heterocycles. The molecule has 0 bridgehead atoms. The molecule has 1 fully saturated rings. The van der Waals surface area contributed by atoms with Crippen LogP contribution in [0.15, 0.2) is 17.2 Å². The highest BCUT2D eigenvalue weighted by atomic mass is 32.2. The fourth-order valence-corrected chi connectivity index (χ4v) is 3.71. The van der Waals surface area contributed by atoms with E-state index in [1.807, 2.05) is 18.5 Å². The Morgan fingerprint density at radius 2 is 2.14 bits per heavy atom. The molecule has 1 aromatic heterocycles. The second-order valence-corrected chi connectivity index (χ2v) is 7.81. The topological polar surface area (TPSA) is 63.1 Å². The third-order valence-corrected chi connectivity index (χ3v) is 5.45. The fraction of sp³-hybridized carbons (Fsp3) is 0.733. The van der Waals surface area contributed by atoms with Crippen LogP contribution in [0.3, 0.4) is 0 Å². The molecule has 2 rings (SSSR count). The summed E-state index contributed by atoms with van der Waals surface area (Å²) < 4.78 is 29.4. The molecule has 6 heteroatoms. The molecule has 0 radical (unpaired) electrons. The Bertz CT molecular complexity index is 561. The fourth-order valence-electron chi connectivity index (χ4n) is 2.34. The molecule has 120 valence electrons. The van der Waals surface area contributed by atoms with Gasteiger partial charge in [0.1, 0.15) is 0 Å². The van der Waals surface area contributed by atoms with Crippen molar-refractivity contribution in [1.29, 1.82) is 0 Å². The number of nitrogens with one attached hydrogen (secondary N) is 2. The standard InChI is InChI=1S/C15H27N3O2S/c1-4-5-6-12(2)17-21(19,20)15-9-14(18(3)11-15)10-16-13-7-8-13/h9,11-13,16-17H,4-8,10H2,1-3H3. The van der Waals surface area contributed by atoms with Crippen LogP contribution >= 0.6 is 0 Å². The van der Waals surface area contributed by atoms with Gasteiger partial charge < -0.3 is 9.88 Å². The molecular formula is C15H27N3O2S. The summed E-state index contributed by atoms with van der Waals surface area (Å²) in [6.07, 6.45) is 7.14. The summed E-state index contributed by atoms with van der Waals surface area (Å²) in [5, 5.41) is 3.41. The predicted molar refractivity (Wildman–Crippen MR) is 84.6 cm³/mol. The van der Waals surface area contributed by atoms with Gasteiger partial charge in [-0.15, -0.1) is 0 Å². The number of aromatic nitrogens is 1. The molecule has 1 aliphatic carbocycles. The first-order valence-corrected chi connectivity index (χ1v) is 9.31. The quantitative estimate of drug-likeness (QED) is 0.734. The maximum absolute atomic E-state index is 12.4. The van der Waals surface area contributed by atoms with Crippen LogP contribution in [0, 0.1) is 0 Å². The average Bonchev–Trinajstić information content (AvgIpc) is 3.16. The average molecular weight is 313 g/mol. The zero-order chi connectivity index (χ0) is 15.5. The van der Waals surface area contributed by atoms with Crippen molar-refractivity contribution in [1.82, 2.24) is 14.6 Å². The van der Waals surface area contributed by atoms with Crippen LogP contribution in [0.2, 0.25) is 0 Å². The van der Waals surface area contributed by atoms with Gasteiger partial charge in [0.15, 0.2) is 0 Å². The Hall–Kier alpha value is -0.850. The zero-order valence-electron chi connectivity index (χ0n) is 13.2. The van der Waals surface area contributed by atoms with E-state index in [2.05, 4.69) is 17.0 Å². The maximum Gasteiger partial charge on any atom is 0.242 e. The Labute approximate surface area is 128 Å². The molecule has 5 nitrogen and oxygen atoms in total. The van der Waals surface area contributed by atoms with E-state index in [4.69, 9.17) is 0 Å². The van der Waals surface area contributed by atoms with Gasteiger partial charge in [-0.2, -0.15) is 0 Å². The smallest absolute Gasteiger partial charge is 0.242 e.